The lowest BCUT2D eigenvalue weighted by Gasteiger charge is -2.19. The molecule has 112 valence electrons. The van der Waals surface area contributed by atoms with Crippen molar-refractivity contribution in [3.63, 3.8) is 0 Å². The van der Waals surface area contributed by atoms with E-state index in [4.69, 9.17) is 0 Å². The SMILES string of the molecule is CC(=O)Nc1ccc(NC(=O)CN(C(C)=O)C2CC2)cc1. The van der Waals surface area contributed by atoms with Gasteiger partial charge < -0.3 is 15.5 Å². The molecule has 21 heavy (non-hydrogen) atoms. The normalized spacial score (nSPS) is 13.4. The topological polar surface area (TPSA) is 78.5 Å². The van der Waals surface area contributed by atoms with Gasteiger partial charge in [0.05, 0.1) is 0 Å². The van der Waals surface area contributed by atoms with Gasteiger partial charge in [-0.25, -0.2) is 0 Å². The Bertz CT molecular complexity index is 550. The first-order valence-electron chi connectivity index (χ1n) is 6.90. The Morgan fingerprint density at radius 1 is 1.05 bits per heavy atom. The molecule has 1 aromatic carbocycles. The monoisotopic (exact) mass is 289 g/mol. The Balaban J connectivity index is 1.89. The summed E-state index contributed by atoms with van der Waals surface area (Å²) in [6, 6.07) is 7.05. The van der Waals surface area contributed by atoms with E-state index in [1.807, 2.05) is 0 Å². The molecule has 0 heterocycles. The van der Waals surface area contributed by atoms with E-state index in [0.29, 0.717) is 11.4 Å². The van der Waals surface area contributed by atoms with Gasteiger partial charge in [0, 0.05) is 31.3 Å². The minimum Gasteiger partial charge on any atom is -0.331 e. The molecule has 1 aromatic rings. The number of anilines is 2. The van der Waals surface area contributed by atoms with E-state index < -0.39 is 0 Å². The molecule has 0 radical (unpaired) electrons. The minimum absolute atomic E-state index is 0.0753. The fourth-order valence-corrected chi connectivity index (χ4v) is 2.08. The number of carbonyl (C=O) groups excluding carboxylic acids is 3. The van der Waals surface area contributed by atoms with Crippen LogP contribution in [0.25, 0.3) is 0 Å². The van der Waals surface area contributed by atoms with E-state index in [-0.39, 0.29) is 30.3 Å². The van der Waals surface area contributed by atoms with Crippen molar-refractivity contribution in [2.45, 2.75) is 32.7 Å². The molecule has 2 N–H and O–H groups in total. The van der Waals surface area contributed by atoms with Crippen molar-refractivity contribution in [1.29, 1.82) is 0 Å². The van der Waals surface area contributed by atoms with E-state index in [9.17, 15) is 14.4 Å². The van der Waals surface area contributed by atoms with Crippen LogP contribution in [0.1, 0.15) is 26.7 Å². The van der Waals surface area contributed by atoms with Gasteiger partial charge >= 0.3 is 0 Å². The molecule has 1 saturated carbocycles. The molecule has 2 rings (SSSR count). The molecule has 0 aliphatic heterocycles. The Hall–Kier alpha value is -2.37. The van der Waals surface area contributed by atoms with Crippen LogP contribution in [0.5, 0.6) is 0 Å². The van der Waals surface area contributed by atoms with Gasteiger partial charge in [-0.3, -0.25) is 14.4 Å². The van der Waals surface area contributed by atoms with Gasteiger partial charge in [0.25, 0.3) is 0 Å². The number of amides is 3. The molecule has 1 fully saturated rings. The Kier molecular flexibility index (Phi) is 4.57. The second-order valence-corrected chi connectivity index (χ2v) is 5.18. The summed E-state index contributed by atoms with van der Waals surface area (Å²) < 4.78 is 0. The number of benzene rings is 1. The fraction of sp³-hybridized carbons (Fsp3) is 0.400. The molecule has 6 heteroatoms. The fourth-order valence-electron chi connectivity index (χ4n) is 2.08. The zero-order valence-corrected chi connectivity index (χ0v) is 12.2. The number of hydrogen-bond acceptors (Lipinski definition) is 3. The summed E-state index contributed by atoms with van der Waals surface area (Å²) in [4.78, 5) is 35.9. The van der Waals surface area contributed by atoms with Crippen LogP contribution in [-0.2, 0) is 14.4 Å². The molecule has 0 atom stereocenters. The summed E-state index contributed by atoms with van der Waals surface area (Å²) >= 11 is 0. The van der Waals surface area contributed by atoms with E-state index >= 15 is 0 Å². The van der Waals surface area contributed by atoms with E-state index in [0.717, 1.165) is 12.8 Å². The van der Waals surface area contributed by atoms with Crippen molar-refractivity contribution in [2.75, 3.05) is 17.2 Å². The molecule has 0 bridgehead atoms. The predicted octanol–water partition coefficient (Wildman–Crippen LogP) is 1.59. The van der Waals surface area contributed by atoms with Gasteiger partial charge in [-0.2, -0.15) is 0 Å². The first-order valence-corrected chi connectivity index (χ1v) is 6.90. The second-order valence-electron chi connectivity index (χ2n) is 5.18. The van der Waals surface area contributed by atoms with Gasteiger partial charge in [-0.1, -0.05) is 0 Å². The van der Waals surface area contributed by atoms with Crippen molar-refractivity contribution >= 4 is 29.1 Å². The lowest BCUT2D eigenvalue weighted by Crippen LogP contribution is -2.38. The summed E-state index contributed by atoms with van der Waals surface area (Å²) in [6.45, 7) is 2.99. The highest BCUT2D eigenvalue weighted by Gasteiger charge is 2.31. The van der Waals surface area contributed by atoms with Crippen molar-refractivity contribution in [2.24, 2.45) is 0 Å². The van der Waals surface area contributed by atoms with Gasteiger partial charge in [0.2, 0.25) is 17.7 Å². The maximum atomic E-state index is 11.9. The largest absolute Gasteiger partial charge is 0.331 e. The molecule has 3 amide bonds. The molecule has 0 aromatic heterocycles. The van der Waals surface area contributed by atoms with Crippen LogP contribution in [0.3, 0.4) is 0 Å². The van der Waals surface area contributed by atoms with Gasteiger partial charge in [0.15, 0.2) is 0 Å². The summed E-state index contributed by atoms with van der Waals surface area (Å²) in [5.41, 5.74) is 1.30. The molecule has 6 nitrogen and oxygen atoms in total. The zero-order chi connectivity index (χ0) is 15.4. The third-order valence-corrected chi connectivity index (χ3v) is 3.20. The summed E-state index contributed by atoms with van der Waals surface area (Å²) in [7, 11) is 0. The Morgan fingerprint density at radius 3 is 2.00 bits per heavy atom. The predicted molar refractivity (Wildman–Crippen MR) is 79.8 cm³/mol. The maximum Gasteiger partial charge on any atom is 0.244 e. The Morgan fingerprint density at radius 2 is 1.57 bits per heavy atom. The quantitative estimate of drug-likeness (QED) is 0.864. The van der Waals surface area contributed by atoms with Gasteiger partial charge in [-0.15, -0.1) is 0 Å². The number of nitrogens with zero attached hydrogens (tertiary/aromatic N) is 1. The number of carbonyl (C=O) groups is 3. The van der Waals surface area contributed by atoms with Crippen molar-refractivity contribution < 1.29 is 14.4 Å². The van der Waals surface area contributed by atoms with Crippen LogP contribution in [-0.4, -0.2) is 35.2 Å². The van der Waals surface area contributed by atoms with Crippen LogP contribution >= 0.6 is 0 Å². The zero-order valence-electron chi connectivity index (χ0n) is 12.2. The van der Waals surface area contributed by atoms with Crippen LogP contribution in [0.15, 0.2) is 24.3 Å². The van der Waals surface area contributed by atoms with Crippen LogP contribution in [0, 0.1) is 0 Å². The third kappa shape index (κ3) is 4.59. The highest BCUT2D eigenvalue weighted by molar-refractivity contribution is 5.95. The Labute approximate surface area is 123 Å². The molecule has 0 spiro atoms. The van der Waals surface area contributed by atoms with Gasteiger partial charge in [0.1, 0.15) is 6.54 Å². The average Bonchev–Trinajstić information content (AvgIpc) is 3.21. The number of rotatable bonds is 5. The van der Waals surface area contributed by atoms with E-state index in [1.54, 1.807) is 29.2 Å². The van der Waals surface area contributed by atoms with Crippen molar-refractivity contribution in [1.82, 2.24) is 4.90 Å². The van der Waals surface area contributed by atoms with Crippen molar-refractivity contribution in [3.05, 3.63) is 24.3 Å². The first-order chi connectivity index (χ1) is 9.95. The second kappa shape index (κ2) is 6.39. The summed E-state index contributed by atoms with van der Waals surface area (Å²) in [5, 5.41) is 5.40. The first kappa shape index (κ1) is 15.0. The highest BCUT2D eigenvalue weighted by atomic mass is 16.2. The van der Waals surface area contributed by atoms with Crippen LogP contribution < -0.4 is 10.6 Å². The molecule has 0 saturated heterocycles. The standard InChI is InChI=1S/C15H19N3O3/c1-10(19)16-12-3-5-13(6-4-12)17-15(21)9-18(11(2)20)14-7-8-14/h3-6,14H,7-9H2,1-2H3,(H,16,19)(H,17,21). The van der Waals surface area contributed by atoms with Crippen LogP contribution in [0.2, 0.25) is 0 Å². The maximum absolute atomic E-state index is 11.9. The third-order valence-electron chi connectivity index (χ3n) is 3.20. The lowest BCUT2D eigenvalue weighted by atomic mass is 10.2. The highest BCUT2D eigenvalue weighted by Crippen LogP contribution is 2.26. The van der Waals surface area contributed by atoms with E-state index in [2.05, 4.69) is 10.6 Å². The smallest absolute Gasteiger partial charge is 0.244 e. The summed E-state index contributed by atoms with van der Waals surface area (Å²) in [5.74, 6) is -0.439. The number of nitrogens with one attached hydrogen (secondary N) is 2. The number of hydrogen-bond donors (Lipinski definition) is 2. The average molecular weight is 289 g/mol. The molecular formula is C15H19N3O3. The lowest BCUT2D eigenvalue weighted by molar-refractivity contribution is -0.133. The molecule has 1 aliphatic rings. The molecule has 0 unspecified atom stereocenters. The minimum atomic E-state index is -0.218. The van der Waals surface area contributed by atoms with Crippen molar-refractivity contribution in [3.8, 4) is 0 Å². The van der Waals surface area contributed by atoms with Gasteiger partial charge in [-0.05, 0) is 37.1 Å². The molecular weight excluding hydrogens is 270 g/mol. The van der Waals surface area contributed by atoms with E-state index in [1.165, 1.54) is 13.8 Å². The molecule has 1 aliphatic carbocycles. The summed E-state index contributed by atoms with van der Waals surface area (Å²) in [6.07, 6.45) is 1.94. The van der Waals surface area contributed by atoms with Crippen LogP contribution in [0.4, 0.5) is 11.4 Å².